The van der Waals surface area contributed by atoms with Gasteiger partial charge in [-0.1, -0.05) is 24.3 Å². The van der Waals surface area contributed by atoms with Gasteiger partial charge < -0.3 is 5.32 Å². The molecule has 1 aliphatic heterocycles. The summed E-state index contributed by atoms with van der Waals surface area (Å²) >= 11 is 0. The van der Waals surface area contributed by atoms with Crippen LogP contribution in [-0.2, 0) is 11.2 Å². The summed E-state index contributed by atoms with van der Waals surface area (Å²) in [5, 5.41) is 3.12. The Morgan fingerprint density at radius 1 is 1.21 bits per heavy atom. The Balaban J connectivity index is 1.47. The van der Waals surface area contributed by atoms with Gasteiger partial charge in [-0.3, -0.25) is 9.69 Å². The van der Waals surface area contributed by atoms with Crippen LogP contribution >= 0.6 is 0 Å². The maximum atomic E-state index is 12.4. The van der Waals surface area contributed by atoms with E-state index in [4.69, 9.17) is 0 Å². The number of carbonyl (C=O) groups is 1. The third-order valence-corrected chi connectivity index (χ3v) is 5.27. The van der Waals surface area contributed by atoms with Crippen LogP contribution in [0.3, 0.4) is 0 Å². The minimum Gasteiger partial charge on any atom is -0.353 e. The number of amides is 1. The molecule has 1 aromatic carbocycles. The predicted molar refractivity (Wildman–Crippen MR) is 90.3 cm³/mol. The number of benzene rings is 1. The first kappa shape index (κ1) is 17.3. The number of likely N-dealkylation sites (tertiary alicyclic amines) is 1. The fraction of sp³-hybridized carbons (Fsp3) is 0.632. The number of fused-ring (bicyclic) bond motifs is 1. The van der Waals surface area contributed by atoms with E-state index < -0.39 is 6.43 Å². The first-order valence-corrected chi connectivity index (χ1v) is 8.99. The number of rotatable bonds is 5. The van der Waals surface area contributed by atoms with Crippen molar-refractivity contribution in [1.82, 2.24) is 10.2 Å². The highest BCUT2D eigenvalue weighted by atomic mass is 19.3. The number of carbonyl (C=O) groups excluding carboxylic acids is 1. The molecule has 1 N–H and O–H groups in total. The van der Waals surface area contributed by atoms with Crippen LogP contribution in [0.1, 0.15) is 49.1 Å². The van der Waals surface area contributed by atoms with Gasteiger partial charge in [0.2, 0.25) is 5.91 Å². The van der Waals surface area contributed by atoms with Gasteiger partial charge in [-0.15, -0.1) is 0 Å². The molecule has 5 heteroatoms. The van der Waals surface area contributed by atoms with Gasteiger partial charge in [0.25, 0.3) is 6.43 Å². The van der Waals surface area contributed by atoms with E-state index in [1.165, 1.54) is 11.1 Å². The van der Waals surface area contributed by atoms with E-state index in [2.05, 4.69) is 23.5 Å². The van der Waals surface area contributed by atoms with Gasteiger partial charge in [-0.05, 0) is 49.1 Å². The van der Waals surface area contributed by atoms with Gasteiger partial charge in [0.1, 0.15) is 0 Å². The second-order valence-electron chi connectivity index (χ2n) is 7.03. The molecule has 132 valence electrons. The number of nitrogens with one attached hydrogen (secondary N) is 1. The highest BCUT2D eigenvalue weighted by Crippen LogP contribution is 2.33. The van der Waals surface area contributed by atoms with Crippen LogP contribution in [0.4, 0.5) is 8.78 Å². The van der Waals surface area contributed by atoms with E-state index in [-0.39, 0.29) is 18.5 Å². The molecule has 1 aliphatic carbocycles. The largest absolute Gasteiger partial charge is 0.353 e. The molecular formula is C19H26F2N2O. The van der Waals surface area contributed by atoms with Crippen LogP contribution < -0.4 is 5.32 Å². The Kier molecular flexibility index (Phi) is 5.82. The standard InChI is InChI=1S/C19H26F2N2O/c20-18(21)13-23-10-8-16(9-11-23)22-19(24)12-15-6-3-5-14-4-1-2-7-17(14)15/h1-2,4,7,15-16,18H,3,5-6,8-13H2,(H,22,24). The molecule has 3 rings (SSSR count). The Hall–Kier alpha value is -1.49. The molecule has 0 saturated carbocycles. The summed E-state index contributed by atoms with van der Waals surface area (Å²) < 4.78 is 24.8. The molecule has 1 unspecified atom stereocenters. The van der Waals surface area contributed by atoms with Gasteiger partial charge in [0, 0.05) is 25.6 Å². The molecule has 1 amide bonds. The predicted octanol–water partition coefficient (Wildman–Crippen LogP) is 3.34. The molecule has 24 heavy (non-hydrogen) atoms. The van der Waals surface area contributed by atoms with E-state index in [1.807, 2.05) is 6.07 Å². The topological polar surface area (TPSA) is 32.3 Å². The third-order valence-electron chi connectivity index (χ3n) is 5.27. The van der Waals surface area contributed by atoms with Crippen molar-refractivity contribution in [3.8, 4) is 0 Å². The Morgan fingerprint density at radius 2 is 1.96 bits per heavy atom. The Morgan fingerprint density at radius 3 is 2.71 bits per heavy atom. The van der Waals surface area contributed by atoms with E-state index in [0.29, 0.717) is 25.4 Å². The molecule has 1 saturated heterocycles. The lowest BCUT2D eigenvalue weighted by Gasteiger charge is -2.32. The van der Waals surface area contributed by atoms with E-state index in [1.54, 1.807) is 4.90 Å². The van der Waals surface area contributed by atoms with Gasteiger partial charge >= 0.3 is 0 Å². The number of halogens is 2. The summed E-state index contributed by atoms with van der Waals surface area (Å²) in [4.78, 5) is 14.2. The zero-order valence-corrected chi connectivity index (χ0v) is 14.0. The second-order valence-corrected chi connectivity index (χ2v) is 7.03. The van der Waals surface area contributed by atoms with Crippen molar-refractivity contribution in [3.63, 3.8) is 0 Å². The average molecular weight is 336 g/mol. The molecule has 1 aromatic rings. The molecule has 1 atom stereocenters. The quantitative estimate of drug-likeness (QED) is 0.894. The van der Waals surface area contributed by atoms with Crippen molar-refractivity contribution in [2.24, 2.45) is 0 Å². The summed E-state index contributed by atoms with van der Waals surface area (Å²) in [5.41, 5.74) is 2.70. The fourth-order valence-electron chi connectivity index (χ4n) is 4.03. The van der Waals surface area contributed by atoms with Gasteiger partial charge in [-0.25, -0.2) is 8.78 Å². The normalized spacial score (nSPS) is 22.4. The molecule has 0 bridgehead atoms. The highest BCUT2D eigenvalue weighted by Gasteiger charge is 2.25. The fourth-order valence-corrected chi connectivity index (χ4v) is 4.03. The van der Waals surface area contributed by atoms with Gasteiger partial charge in [0.05, 0.1) is 6.54 Å². The molecule has 0 radical (unpaired) electrons. The Bertz CT molecular complexity index is 556. The number of hydrogen-bond donors (Lipinski definition) is 1. The second kappa shape index (κ2) is 8.06. The van der Waals surface area contributed by atoms with Crippen LogP contribution in [0.25, 0.3) is 0 Å². The zero-order valence-electron chi connectivity index (χ0n) is 14.0. The maximum Gasteiger partial charge on any atom is 0.251 e. The van der Waals surface area contributed by atoms with Crippen molar-refractivity contribution in [2.45, 2.75) is 56.9 Å². The number of hydrogen-bond acceptors (Lipinski definition) is 2. The molecule has 2 aliphatic rings. The first-order valence-electron chi connectivity index (χ1n) is 8.99. The summed E-state index contributed by atoms with van der Waals surface area (Å²) in [6.07, 6.45) is 3.10. The third kappa shape index (κ3) is 4.53. The van der Waals surface area contributed by atoms with Gasteiger partial charge in [0.15, 0.2) is 0 Å². The minimum atomic E-state index is -2.28. The summed E-state index contributed by atoms with van der Waals surface area (Å²) in [6.45, 7) is 1.13. The molecule has 1 heterocycles. The van der Waals surface area contributed by atoms with Crippen molar-refractivity contribution in [1.29, 1.82) is 0 Å². The highest BCUT2D eigenvalue weighted by molar-refractivity contribution is 5.77. The van der Waals surface area contributed by atoms with E-state index in [0.717, 1.165) is 32.1 Å². The molecule has 1 fully saturated rings. The number of nitrogens with zero attached hydrogens (tertiary/aromatic N) is 1. The van der Waals surface area contributed by atoms with Crippen LogP contribution in [0.5, 0.6) is 0 Å². The monoisotopic (exact) mass is 336 g/mol. The van der Waals surface area contributed by atoms with Crippen molar-refractivity contribution in [3.05, 3.63) is 35.4 Å². The smallest absolute Gasteiger partial charge is 0.251 e. The zero-order chi connectivity index (χ0) is 16.9. The minimum absolute atomic E-state index is 0.101. The Labute approximate surface area is 142 Å². The molecule has 0 aromatic heterocycles. The number of piperidine rings is 1. The lowest BCUT2D eigenvalue weighted by Crippen LogP contribution is -2.46. The lowest BCUT2D eigenvalue weighted by atomic mass is 9.81. The van der Waals surface area contributed by atoms with Crippen molar-refractivity contribution in [2.75, 3.05) is 19.6 Å². The van der Waals surface area contributed by atoms with E-state index >= 15 is 0 Å². The van der Waals surface area contributed by atoms with Crippen LogP contribution in [-0.4, -0.2) is 42.9 Å². The summed E-state index contributed by atoms with van der Waals surface area (Å²) in [6, 6.07) is 8.56. The summed E-state index contributed by atoms with van der Waals surface area (Å²) in [5.74, 6) is 0.415. The van der Waals surface area contributed by atoms with Crippen molar-refractivity contribution >= 4 is 5.91 Å². The van der Waals surface area contributed by atoms with Crippen molar-refractivity contribution < 1.29 is 13.6 Å². The van der Waals surface area contributed by atoms with E-state index in [9.17, 15) is 13.6 Å². The molecule has 3 nitrogen and oxygen atoms in total. The summed E-state index contributed by atoms with van der Waals surface area (Å²) in [7, 11) is 0. The van der Waals surface area contributed by atoms with Crippen LogP contribution in [0, 0.1) is 0 Å². The molecular weight excluding hydrogens is 310 g/mol. The lowest BCUT2D eigenvalue weighted by molar-refractivity contribution is -0.122. The maximum absolute atomic E-state index is 12.4. The SMILES string of the molecule is O=C(CC1CCCc2ccccc21)NC1CCN(CC(F)F)CC1. The van der Waals surface area contributed by atoms with Gasteiger partial charge in [-0.2, -0.15) is 0 Å². The van der Waals surface area contributed by atoms with Crippen LogP contribution in [0.2, 0.25) is 0 Å². The van der Waals surface area contributed by atoms with Crippen LogP contribution in [0.15, 0.2) is 24.3 Å². The first-order chi connectivity index (χ1) is 11.6. The average Bonchev–Trinajstić information content (AvgIpc) is 2.56. The number of aryl methyl sites for hydroxylation is 1. The molecule has 0 spiro atoms. The number of alkyl halides is 2.